The standard InChI is InChI=1S/C13H17N3O3S2/c1-3-4-9-16(2)21(18,19)13-8-6-11(20-13)10-5-7-12(17)15-14-10/h5-8H,3-4,9H2,1-2H3,(H,15,17). The SMILES string of the molecule is CCCCN(C)S(=O)(=O)c1ccc(-c2ccc(=O)[nH]n2)s1. The predicted octanol–water partition coefficient (Wildman–Crippen LogP) is 1.92. The number of aromatic amines is 1. The Morgan fingerprint density at radius 2 is 2.05 bits per heavy atom. The molecule has 0 amide bonds. The molecular formula is C13H17N3O3S2. The highest BCUT2D eigenvalue weighted by Crippen LogP contribution is 2.30. The second-order valence-electron chi connectivity index (χ2n) is 4.61. The molecule has 0 saturated carbocycles. The van der Waals surface area contributed by atoms with E-state index in [0.717, 1.165) is 24.2 Å². The summed E-state index contributed by atoms with van der Waals surface area (Å²) in [5, 5.41) is 6.24. The van der Waals surface area contributed by atoms with Gasteiger partial charge in [0.05, 0.1) is 4.88 Å². The van der Waals surface area contributed by atoms with E-state index in [1.165, 1.54) is 10.4 Å². The van der Waals surface area contributed by atoms with E-state index in [9.17, 15) is 13.2 Å². The zero-order valence-electron chi connectivity index (χ0n) is 11.9. The number of hydrogen-bond acceptors (Lipinski definition) is 5. The van der Waals surface area contributed by atoms with Crippen molar-refractivity contribution >= 4 is 21.4 Å². The van der Waals surface area contributed by atoms with E-state index in [0.29, 0.717) is 17.1 Å². The fourth-order valence-corrected chi connectivity index (χ4v) is 4.43. The third kappa shape index (κ3) is 3.58. The lowest BCUT2D eigenvalue weighted by Crippen LogP contribution is -2.27. The van der Waals surface area contributed by atoms with E-state index in [2.05, 4.69) is 10.2 Å². The monoisotopic (exact) mass is 327 g/mol. The number of nitrogens with one attached hydrogen (secondary N) is 1. The quantitative estimate of drug-likeness (QED) is 0.878. The average molecular weight is 327 g/mol. The summed E-state index contributed by atoms with van der Waals surface area (Å²) in [5.74, 6) is 0. The molecule has 0 saturated heterocycles. The lowest BCUT2D eigenvalue weighted by Gasteiger charge is -2.15. The Kier molecular flexibility index (Phi) is 4.92. The van der Waals surface area contributed by atoms with Gasteiger partial charge in [0.1, 0.15) is 9.90 Å². The van der Waals surface area contributed by atoms with Crippen LogP contribution in [-0.4, -0.2) is 36.5 Å². The van der Waals surface area contributed by atoms with E-state index >= 15 is 0 Å². The molecule has 0 unspecified atom stereocenters. The van der Waals surface area contributed by atoms with Crippen LogP contribution in [0.1, 0.15) is 19.8 Å². The van der Waals surface area contributed by atoms with Crippen LogP contribution in [0.5, 0.6) is 0 Å². The normalized spacial score (nSPS) is 12.0. The minimum atomic E-state index is -3.45. The summed E-state index contributed by atoms with van der Waals surface area (Å²) in [4.78, 5) is 11.7. The van der Waals surface area contributed by atoms with Crippen molar-refractivity contribution in [2.24, 2.45) is 0 Å². The van der Waals surface area contributed by atoms with Crippen LogP contribution in [-0.2, 0) is 10.0 Å². The van der Waals surface area contributed by atoms with E-state index in [4.69, 9.17) is 0 Å². The Morgan fingerprint density at radius 1 is 1.29 bits per heavy atom. The van der Waals surface area contributed by atoms with Gasteiger partial charge in [-0.3, -0.25) is 4.79 Å². The maximum Gasteiger partial charge on any atom is 0.264 e. The van der Waals surface area contributed by atoms with Crippen molar-refractivity contribution in [3.05, 3.63) is 34.6 Å². The highest BCUT2D eigenvalue weighted by molar-refractivity contribution is 7.91. The molecule has 0 atom stereocenters. The molecule has 8 heteroatoms. The molecule has 0 aliphatic heterocycles. The molecular weight excluding hydrogens is 310 g/mol. The summed E-state index contributed by atoms with van der Waals surface area (Å²) in [6.07, 6.45) is 1.77. The van der Waals surface area contributed by atoms with Gasteiger partial charge in [-0.1, -0.05) is 13.3 Å². The number of hydrogen-bond donors (Lipinski definition) is 1. The zero-order valence-corrected chi connectivity index (χ0v) is 13.5. The smallest absolute Gasteiger partial charge is 0.264 e. The molecule has 0 fully saturated rings. The molecule has 0 aromatic carbocycles. The number of unbranched alkanes of at least 4 members (excludes halogenated alkanes) is 1. The van der Waals surface area contributed by atoms with Gasteiger partial charge in [0.15, 0.2) is 0 Å². The summed E-state index contributed by atoms with van der Waals surface area (Å²) in [5.41, 5.74) is 0.264. The van der Waals surface area contributed by atoms with Gasteiger partial charge >= 0.3 is 0 Å². The number of thiophene rings is 1. The fraction of sp³-hybridized carbons (Fsp3) is 0.385. The van der Waals surface area contributed by atoms with Gasteiger partial charge in [0, 0.05) is 19.7 Å². The first kappa shape index (κ1) is 15.9. The molecule has 6 nitrogen and oxygen atoms in total. The van der Waals surface area contributed by atoms with Crippen molar-refractivity contribution in [2.45, 2.75) is 24.0 Å². The van der Waals surface area contributed by atoms with Crippen LogP contribution in [0, 0.1) is 0 Å². The lowest BCUT2D eigenvalue weighted by atomic mass is 10.3. The van der Waals surface area contributed by atoms with Gasteiger partial charge in [0.25, 0.3) is 15.6 Å². The highest BCUT2D eigenvalue weighted by Gasteiger charge is 2.22. The molecule has 2 aromatic rings. The number of rotatable bonds is 6. The van der Waals surface area contributed by atoms with Crippen LogP contribution in [0.2, 0.25) is 0 Å². The van der Waals surface area contributed by atoms with Gasteiger partial charge in [-0.05, 0) is 24.6 Å². The maximum atomic E-state index is 12.4. The third-order valence-electron chi connectivity index (χ3n) is 3.00. The molecule has 2 heterocycles. The number of nitrogens with zero attached hydrogens (tertiary/aromatic N) is 2. The number of sulfonamides is 1. The van der Waals surface area contributed by atoms with Crippen LogP contribution in [0.25, 0.3) is 10.6 Å². The highest BCUT2D eigenvalue weighted by atomic mass is 32.2. The van der Waals surface area contributed by atoms with Crippen LogP contribution in [0.15, 0.2) is 33.3 Å². The van der Waals surface area contributed by atoms with Crippen molar-refractivity contribution in [3.63, 3.8) is 0 Å². The van der Waals surface area contributed by atoms with Crippen molar-refractivity contribution < 1.29 is 8.42 Å². The molecule has 114 valence electrons. The van der Waals surface area contributed by atoms with Crippen LogP contribution < -0.4 is 5.56 Å². The summed E-state index contributed by atoms with van der Waals surface area (Å²) in [6.45, 7) is 2.52. The summed E-state index contributed by atoms with van der Waals surface area (Å²) in [7, 11) is -1.87. The second-order valence-corrected chi connectivity index (χ2v) is 7.96. The van der Waals surface area contributed by atoms with Gasteiger partial charge in [-0.15, -0.1) is 11.3 Å². The van der Waals surface area contributed by atoms with Crippen LogP contribution in [0.4, 0.5) is 0 Å². The Labute approximate surface area is 127 Å². The van der Waals surface area contributed by atoms with E-state index in [1.54, 1.807) is 25.2 Å². The van der Waals surface area contributed by atoms with Crippen LogP contribution >= 0.6 is 11.3 Å². The molecule has 0 spiro atoms. The average Bonchev–Trinajstić information content (AvgIpc) is 2.96. The molecule has 0 aliphatic carbocycles. The van der Waals surface area contributed by atoms with E-state index in [-0.39, 0.29) is 9.77 Å². The van der Waals surface area contributed by atoms with Crippen molar-refractivity contribution in [1.29, 1.82) is 0 Å². The molecule has 2 aromatic heterocycles. The molecule has 0 radical (unpaired) electrons. The largest absolute Gasteiger partial charge is 0.268 e. The summed E-state index contributed by atoms with van der Waals surface area (Å²) < 4.78 is 26.4. The Balaban J connectivity index is 2.26. The topological polar surface area (TPSA) is 83.1 Å². The van der Waals surface area contributed by atoms with Crippen molar-refractivity contribution in [2.75, 3.05) is 13.6 Å². The molecule has 2 rings (SSSR count). The molecule has 1 N–H and O–H groups in total. The minimum Gasteiger partial charge on any atom is -0.268 e. The van der Waals surface area contributed by atoms with Crippen molar-refractivity contribution in [3.8, 4) is 10.6 Å². The molecule has 0 bridgehead atoms. The summed E-state index contributed by atoms with van der Waals surface area (Å²) >= 11 is 1.15. The Hall–Kier alpha value is -1.51. The first-order valence-corrected chi connectivity index (χ1v) is 8.83. The predicted molar refractivity (Wildman–Crippen MR) is 82.9 cm³/mol. The van der Waals surface area contributed by atoms with Crippen molar-refractivity contribution in [1.82, 2.24) is 14.5 Å². The number of aromatic nitrogens is 2. The molecule has 0 aliphatic rings. The van der Waals surface area contributed by atoms with Gasteiger partial charge in [-0.2, -0.15) is 5.10 Å². The Morgan fingerprint density at radius 3 is 2.67 bits per heavy atom. The zero-order chi connectivity index (χ0) is 15.5. The Bertz CT molecular complexity index is 744. The second kappa shape index (κ2) is 6.50. The third-order valence-corrected chi connectivity index (χ3v) is 6.44. The number of H-pyrrole nitrogens is 1. The first-order chi connectivity index (χ1) is 9.95. The molecule has 21 heavy (non-hydrogen) atoms. The summed E-state index contributed by atoms with van der Waals surface area (Å²) in [6, 6.07) is 6.21. The van der Waals surface area contributed by atoms with Crippen LogP contribution in [0.3, 0.4) is 0 Å². The maximum absolute atomic E-state index is 12.4. The van der Waals surface area contributed by atoms with Gasteiger partial charge < -0.3 is 0 Å². The van der Waals surface area contributed by atoms with Gasteiger partial charge in [0.2, 0.25) is 0 Å². The fourth-order valence-electron chi connectivity index (χ4n) is 1.73. The van der Waals surface area contributed by atoms with E-state index in [1.807, 2.05) is 6.92 Å². The van der Waals surface area contributed by atoms with Gasteiger partial charge in [-0.25, -0.2) is 17.8 Å². The lowest BCUT2D eigenvalue weighted by molar-refractivity contribution is 0.461. The van der Waals surface area contributed by atoms with E-state index < -0.39 is 10.0 Å². The minimum absolute atomic E-state index is 0.282. The first-order valence-electron chi connectivity index (χ1n) is 6.57.